The van der Waals surface area contributed by atoms with Crippen LogP contribution in [0.5, 0.6) is 11.5 Å². The highest BCUT2D eigenvalue weighted by molar-refractivity contribution is 5.99. The summed E-state index contributed by atoms with van der Waals surface area (Å²) >= 11 is 0. The van der Waals surface area contributed by atoms with Crippen LogP contribution < -0.4 is 9.47 Å². The third kappa shape index (κ3) is 3.83. The van der Waals surface area contributed by atoms with Gasteiger partial charge in [0.15, 0.2) is 23.1 Å². The molecule has 126 valence electrons. The van der Waals surface area contributed by atoms with Gasteiger partial charge in [0.25, 0.3) is 0 Å². The van der Waals surface area contributed by atoms with Crippen molar-refractivity contribution in [2.45, 2.75) is 18.8 Å². The molecule has 0 saturated carbocycles. The van der Waals surface area contributed by atoms with Gasteiger partial charge in [-0.1, -0.05) is 6.07 Å². The van der Waals surface area contributed by atoms with Crippen molar-refractivity contribution in [3.05, 3.63) is 53.9 Å². The van der Waals surface area contributed by atoms with Crippen molar-refractivity contribution >= 4 is 11.6 Å². The highest BCUT2D eigenvalue weighted by Gasteiger charge is 2.22. The number of aromatic nitrogens is 1. The molecule has 25 heavy (non-hydrogen) atoms. The van der Waals surface area contributed by atoms with Crippen LogP contribution in [-0.4, -0.2) is 29.8 Å². The molecule has 6 nitrogen and oxygen atoms in total. The van der Waals surface area contributed by atoms with Gasteiger partial charge >= 0.3 is 0 Å². The van der Waals surface area contributed by atoms with E-state index in [2.05, 4.69) is 4.98 Å². The molecule has 0 amide bonds. The number of hydrogen-bond donors (Lipinski definition) is 0. The minimum absolute atomic E-state index is 0.0118. The van der Waals surface area contributed by atoms with Gasteiger partial charge in [0.1, 0.15) is 19.1 Å². The number of nitrogens with zero attached hydrogens (tertiary/aromatic N) is 2. The van der Waals surface area contributed by atoms with Crippen molar-refractivity contribution in [3.8, 4) is 17.6 Å². The second kappa shape index (κ2) is 7.58. The molecule has 1 aliphatic heterocycles. The number of pyridine rings is 1. The summed E-state index contributed by atoms with van der Waals surface area (Å²) in [7, 11) is 0. The molecule has 1 aliphatic rings. The van der Waals surface area contributed by atoms with Crippen molar-refractivity contribution in [1.29, 1.82) is 5.26 Å². The van der Waals surface area contributed by atoms with E-state index in [9.17, 15) is 14.9 Å². The zero-order valence-electron chi connectivity index (χ0n) is 13.5. The summed E-state index contributed by atoms with van der Waals surface area (Å²) in [5.41, 5.74) is 0.866. The molecular weight excluding hydrogens is 320 g/mol. The molecule has 1 aromatic heterocycles. The first-order chi connectivity index (χ1) is 12.2. The lowest BCUT2D eigenvalue weighted by atomic mass is 9.95. The molecule has 0 radical (unpaired) electrons. The van der Waals surface area contributed by atoms with Gasteiger partial charge in [0.05, 0.1) is 11.8 Å². The van der Waals surface area contributed by atoms with E-state index in [0.29, 0.717) is 36.0 Å². The summed E-state index contributed by atoms with van der Waals surface area (Å²) < 4.78 is 10.9. The van der Waals surface area contributed by atoms with Gasteiger partial charge in [0, 0.05) is 24.6 Å². The standard InChI is InChI=1S/C19H16N2O4/c20-12-14(15-3-1-2-8-21-15)17(23)6-5-16(22)13-4-7-18-19(11-13)25-10-9-24-18/h1-4,7-8,11,14H,5-6,9-10H2. The Hall–Kier alpha value is -3.20. The van der Waals surface area contributed by atoms with Gasteiger partial charge in [0.2, 0.25) is 0 Å². The molecule has 2 aromatic rings. The predicted molar refractivity (Wildman–Crippen MR) is 88.6 cm³/mol. The number of ether oxygens (including phenoxy) is 2. The fourth-order valence-corrected chi connectivity index (χ4v) is 2.59. The maximum absolute atomic E-state index is 12.3. The molecule has 0 fully saturated rings. The molecule has 0 spiro atoms. The largest absolute Gasteiger partial charge is 0.486 e. The van der Waals surface area contributed by atoms with Crippen LogP contribution in [0.4, 0.5) is 0 Å². The predicted octanol–water partition coefficient (Wildman–Crippen LogP) is 2.69. The first-order valence-corrected chi connectivity index (χ1v) is 7.95. The second-order valence-corrected chi connectivity index (χ2v) is 5.56. The zero-order valence-corrected chi connectivity index (χ0v) is 13.5. The quantitative estimate of drug-likeness (QED) is 0.754. The fourth-order valence-electron chi connectivity index (χ4n) is 2.59. The Kier molecular flexibility index (Phi) is 5.05. The van der Waals surface area contributed by atoms with Gasteiger partial charge in [-0.3, -0.25) is 14.6 Å². The van der Waals surface area contributed by atoms with Crippen molar-refractivity contribution < 1.29 is 19.1 Å². The first-order valence-electron chi connectivity index (χ1n) is 7.95. The normalized spacial score (nSPS) is 13.6. The molecule has 2 heterocycles. The van der Waals surface area contributed by atoms with E-state index in [1.165, 1.54) is 6.20 Å². The molecule has 1 aromatic carbocycles. The topological polar surface area (TPSA) is 89.3 Å². The van der Waals surface area contributed by atoms with Gasteiger partial charge in [-0.2, -0.15) is 5.26 Å². The molecule has 6 heteroatoms. The maximum atomic E-state index is 12.3. The Balaban J connectivity index is 1.64. The molecule has 0 aliphatic carbocycles. The molecule has 1 unspecified atom stereocenters. The van der Waals surface area contributed by atoms with Gasteiger partial charge in [-0.15, -0.1) is 0 Å². The van der Waals surface area contributed by atoms with E-state index in [1.807, 2.05) is 6.07 Å². The minimum Gasteiger partial charge on any atom is -0.486 e. The number of benzene rings is 1. The Morgan fingerprint density at radius 3 is 2.64 bits per heavy atom. The monoisotopic (exact) mass is 336 g/mol. The number of fused-ring (bicyclic) bond motifs is 1. The summed E-state index contributed by atoms with van der Waals surface area (Å²) in [6, 6.07) is 12.0. The van der Waals surface area contributed by atoms with Crippen LogP contribution in [0.3, 0.4) is 0 Å². The first kappa shape index (κ1) is 16.7. The summed E-state index contributed by atoms with van der Waals surface area (Å²) in [5.74, 6) is -0.296. The lowest BCUT2D eigenvalue weighted by Gasteiger charge is -2.18. The summed E-state index contributed by atoms with van der Waals surface area (Å²) in [4.78, 5) is 28.7. The minimum atomic E-state index is -0.950. The van der Waals surface area contributed by atoms with E-state index in [1.54, 1.807) is 36.4 Å². The smallest absolute Gasteiger partial charge is 0.163 e. The Morgan fingerprint density at radius 1 is 1.12 bits per heavy atom. The van der Waals surface area contributed by atoms with Crippen molar-refractivity contribution in [3.63, 3.8) is 0 Å². The number of rotatable bonds is 6. The SMILES string of the molecule is N#CC(C(=O)CCC(=O)c1ccc2c(c1)OCCO2)c1ccccn1. The van der Waals surface area contributed by atoms with E-state index in [4.69, 9.17) is 9.47 Å². The zero-order chi connectivity index (χ0) is 17.6. The average Bonchev–Trinajstić information content (AvgIpc) is 2.67. The maximum Gasteiger partial charge on any atom is 0.163 e. The highest BCUT2D eigenvalue weighted by atomic mass is 16.6. The van der Waals surface area contributed by atoms with Crippen LogP contribution in [0.25, 0.3) is 0 Å². The van der Waals surface area contributed by atoms with Crippen molar-refractivity contribution in [1.82, 2.24) is 4.98 Å². The number of Topliss-reactive ketones (excluding diaryl/α,β-unsaturated/α-hetero) is 2. The van der Waals surface area contributed by atoms with E-state index in [0.717, 1.165) is 0 Å². The van der Waals surface area contributed by atoms with Crippen molar-refractivity contribution in [2.75, 3.05) is 13.2 Å². The molecular formula is C19H16N2O4. The third-order valence-electron chi connectivity index (χ3n) is 3.90. The Morgan fingerprint density at radius 2 is 1.92 bits per heavy atom. The Labute approximate surface area is 145 Å². The highest BCUT2D eigenvalue weighted by Crippen LogP contribution is 2.31. The number of hydrogen-bond acceptors (Lipinski definition) is 6. The molecule has 0 N–H and O–H groups in total. The summed E-state index contributed by atoms with van der Waals surface area (Å²) in [5, 5.41) is 9.24. The van der Waals surface area contributed by atoms with Crippen LogP contribution in [0.1, 0.15) is 34.8 Å². The van der Waals surface area contributed by atoms with Crippen LogP contribution >= 0.6 is 0 Å². The molecule has 0 bridgehead atoms. The van der Waals surface area contributed by atoms with Crippen LogP contribution in [0.15, 0.2) is 42.6 Å². The number of nitriles is 1. The Bertz CT molecular complexity index is 827. The number of carbonyl (C=O) groups excluding carboxylic acids is 2. The number of ketones is 2. The summed E-state index contributed by atoms with van der Waals surface area (Å²) in [6.07, 6.45) is 1.55. The van der Waals surface area contributed by atoms with Crippen LogP contribution in [-0.2, 0) is 4.79 Å². The third-order valence-corrected chi connectivity index (χ3v) is 3.90. The molecule has 1 atom stereocenters. The van der Waals surface area contributed by atoms with Crippen LogP contribution in [0.2, 0.25) is 0 Å². The second-order valence-electron chi connectivity index (χ2n) is 5.56. The molecule has 3 rings (SSSR count). The lowest BCUT2D eigenvalue weighted by molar-refractivity contribution is -0.119. The van der Waals surface area contributed by atoms with E-state index in [-0.39, 0.29) is 24.4 Å². The summed E-state index contributed by atoms with van der Waals surface area (Å²) in [6.45, 7) is 0.926. The van der Waals surface area contributed by atoms with Gasteiger partial charge in [-0.05, 0) is 30.3 Å². The van der Waals surface area contributed by atoms with Crippen LogP contribution in [0, 0.1) is 11.3 Å². The lowest BCUT2D eigenvalue weighted by Crippen LogP contribution is -2.16. The molecule has 0 saturated heterocycles. The van der Waals surface area contributed by atoms with E-state index >= 15 is 0 Å². The van der Waals surface area contributed by atoms with E-state index < -0.39 is 5.92 Å². The van der Waals surface area contributed by atoms with Gasteiger partial charge in [-0.25, -0.2) is 0 Å². The van der Waals surface area contributed by atoms with Gasteiger partial charge < -0.3 is 9.47 Å². The average molecular weight is 336 g/mol. The van der Waals surface area contributed by atoms with Crippen molar-refractivity contribution in [2.24, 2.45) is 0 Å². The number of carbonyl (C=O) groups is 2. The fraction of sp³-hybridized carbons (Fsp3) is 0.263.